The van der Waals surface area contributed by atoms with E-state index in [-0.39, 0.29) is 37.0 Å². The Balaban J connectivity index is 0.00000169. The second-order valence-corrected chi connectivity index (χ2v) is 2.58. The van der Waals surface area contributed by atoms with E-state index in [2.05, 4.69) is 16.3 Å². The molecule has 1 aromatic rings. The Kier molecular flexibility index (Phi) is 5.24. The maximum Gasteiger partial charge on any atom is 0.190 e. The van der Waals surface area contributed by atoms with Crippen LogP contribution in [0.25, 0.3) is 0 Å². The van der Waals surface area contributed by atoms with Gasteiger partial charge in [0.1, 0.15) is 5.88 Å². The zero-order chi connectivity index (χ0) is 9.84. The molecule has 1 aromatic heterocycles. The molecule has 0 unspecified atom stereocenters. The molecule has 0 bridgehead atoms. The summed E-state index contributed by atoms with van der Waals surface area (Å²) < 4.78 is 4.76. The molecule has 6 heteroatoms. The number of nitrogens with zero attached hydrogens (tertiary/aromatic N) is 3. The summed E-state index contributed by atoms with van der Waals surface area (Å²) in [5.41, 5.74) is 0.255. The third-order valence-corrected chi connectivity index (χ3v) is 1.40. The van der Waals surface area contributed by atoms with E-state index in [0.29, 0.717) is 0 Å². The fraction of sp³-hybridized carbons (Fsp3) is 0.375. The molecule has 0 fully saturated rings. The van der Waals surface area contributed by atoms with Crippen molar-refractivity contribution in [1.29, 1.82) is 0 Å². The van der Waals surface area contributed by atoms with Gasteiger partial charge in [0.2, 0.25) is 0 Å². The van der Waals surface area contributed by atoms with E-state index in [1.165, 1.54) is 18.1 Å². The Labute approximate surface area is 95.2 Å². The van der Waals surface area contributed by atoms with Crippen molar-refractivity contribution < 1.29 is 29.0 Å². The first-order chi connectivity index (χ1) is 6.15. The van der Waals surface area contributed by atoms with Crippen LogP contribution in [0.2, 0.25) is 0 Å². The van der Waals surface area contributed by atoms with Gasteiger partial charge < -0.3 is 9.64 Å². The minimum absolute atomic E-state index is 0. The van der Waals surface area contributed by atoms with E-state index in [0.717, 1.165) is 0 Å². The van der Waals surface area contributed by atoms with Crippen molar-refractivity contribution >= 4 is 5.91 Å². The van der Waals surface area contributed by atoms with Gasteiger partial charge in [0.05, 0.1) is 7.11 Å². The molecule has 0 aliphatic heterocycles. The SMILES string of the molecule is COc1[c-]cc(C(=O)N(C)C)nn1.[Zn]. The molecule has 1 rings (SSSR count). The maximum absolute atomic E-state index is 11.3. The normalized spacial score (nSPS) is 8.79. The van der Waals surface area contributed by atoms with E-state index in [4.69, 9.17) is 4.74 Å². The van der Waals surface area contributed by atoms with Gasteiger partial charge in [0.15, 0.2) is 5.91 Å². The first-order valence-electron chi connectivity index (χ1n) is 3.66. The summed E-state index contributed by atoms with van der Waals surface area (Å²) in [5.74, 6) is 0.0710. The summed E-state index contributed by atoms with van der Waals surface area (Å²) in [6.07, 6.45) is 0. The summed E-state index contributed by atoms with van der Waals surface area (Å²) in [6, 6.07) is 4.13. The van der Waals surface area contributed by atoms with E-state index in [1.807, 2.05) is 0 Å². The second kappa shape index (κ2) is 5.65. The number of hydrogen-bond acceptors (Lipinski definition) is 4. The Bertz CT molecular complexity index is 300. The van der Waals surface area contributed by atoms with Crippen molar-refractivity contribution in [3.8, 4) is 5.88 Å². The van der Waals surface area contributed by atoms with Crippen LogP contribution < -0.4 is 4.74 Å². The van der Waals surface area contributed by atoms with Gasteiger partial charge in [0.25, 0.3) is 0 Å². The van der Waals surface area contributed by atoms with E-state index in [9.17, 15) is 4.79 Å². The summed E-state index contributed by atoms with van der Waals surface area (Å²) in [6.45, 7) is 0. The maximum atomic E-state index is 11.3. The number of carbonyl (C=O) groups is 1. The number of amides is 1. The molecule has 0 aromatic carbocycles. The van der Waals surface area contributed by atoms with Crippen LogP contribution in [-0.2, 0) is 19.5 Å². The van der Waals surface area contributed by atoms with Gasteiger partial charge in [-0.1, -0.05) is 0 Å². The molecular formula is C8H10N3O2Zn-. The van der Waals surface area contributed by atoms with Crippen molar-refractivity contribution in [3.63, 3.8) is 0 Å². The second-order valence-electron chi connectivity index (χ2n) is 2.58. The smallest absolute Gasteiger partial charge is 0.190 e. The van der Waals surface area contributed by atoms with Gasteiger partial charge in [0, 0.05) is 33.6 Å². The quantitative estimate of drug-likeness (QED) is 0.543. The Morgan fingerprint density at radius 3 is 2.50 bits per heavy atom. The summed E-state index contributed by atoms with van der Waals surface area (Å²) in [4.78, 5) is 12.7. The van der Waals surface area contributed by atoms with Crippen LogP contribution >= 0.6 is 0 Å². The minimum Gasteiger partial charge on any atom is -0.496 e. The third-order valence-electron chi connectivity index (χ3n) is 1.40. The summed E-state index contributed by atoms with van der Waals surface area (Å²) in [7, 11) is 4.76. The number of carbonyl (C=O) groups excluding carboxylic acids is 1. The predicted octanol–water partition coefficient (Wildman–Crippen LogP) is -0.0153. The number of ether oxygens (including phenoxy) is 1. The molecule has 5 nitrogen and oxygen atoms in total. The van der Waals surface area contributed by atoms with Gasteiger partial charge >= 0.3 is 0 Å². The first-order valence-corrected chi connectivity index (χ1v) is 3.66. The van der Waals surface area contributed by atoms with Crippen LogP contribution in [0.3, 0.4) is 0 Å². The molecule has 0 aliphatic rings. The van der Waals surface area contributed by atoms with Crippen molar-refractivity contribution in [1.82, 2.24) is 15.1 Å². The molecular weight excluding hydrogens is 235 g/mol. The molecule has 72 valence electrons. The molecule has 0 saturated heterocycles. The van der Waals surface area contributed by atoms with Gasteiger partial charge in [-0.15, -0.1) is 0 Å². The van der Waals surface area contributed by atoms with Crippen LogP contribution in [0.1, 0.15) is 10.5 Å². The number of rotatable bonds is 2. The Morgan fingerprint density at radius 2 is 2.14 bits per heavy atom. The minimum atomic E-state index is -0.202. The van der Waals surface area contributed by atoms with Crippen molar-refractivity contribution in [3.05, 3.63) is 17.8 Å². The van der Waals surface area contributed by atoms with E-state index >= 15 is 0 Å². The molecule has 14 heavy (non-hydrogen) atoms. The average Bonchev–Trinajstić information content (AvgIpc) is 2.17. The van der Waals surface area contributed by atoms with Crippen LogP contribution in [-0.4, -0.2) is 42.2 Å². The molecule has 0 atom stereocenters. The molecule has 0 radical (unpaired) electrons. The van der Waals surface area contributed by atoms with Gasteiger partial charge in [-0.2, -0.15) is 17.2 Å². The number of hydrogen-bond donors (Lipinski definition) is 0. The van der Waals surface area contributed by atoms with Gasteiger partial charge in [-0.05, 0) is 5.69 Å². The van der Waals surface area contributed by atoms with Crippen LogP contribution in [0.15, 0.2) is 6.07 Å². The molecule has 0 spiro atoms. The molecule has 0 saturated carbocycles. The number of methoxy groups -OCH3 is 1. The van der Waals surface area contributed by atoms with Crippen LogP contribution in [0.5, 0.6) is 5.88 Å². The monoisotopic (exact) mass is 244 g/mol. The molecule has 1 amide bonds. The fourth-order valence-corrected chi connectivity index (χ4v) is 0.720. The number of aromatic nitrogens is 2. The van der Waals surface area contributed by atoms with Crippen LogP contribution in [0, 0.1) is 6.07 Å². The molecule has 1 heterocycles. The first kappa shape index (κ1) is 13.0. The Morgan fingerprint density at radius 1 is 1.50 bits per heavy atom. The Hall–Kier alpha value is -1.03. The van der Waals surface area contributed by atoms with Crippen molar-refractivity contribution in [2.75, 3.05) is 21.2 Å². The predicted molar refractivity (Wildman–Crippen MR) is 45.4 cm³/mol. The molecule has 0 aliphatic carbocycles. The fourth-order valence-electron chi connectivity index (χ4n) is 0.720. The standard InChI is InChI=1S/C8H10N3O2.Zn/c1-11(2)8(12)6-4-5-7(13-3)10-9-6;/h4H,1-3H3;/q-1;. The summed E-state index contributed by atoms with van der Waals surface area (Å²) >= 11 is 0. The average molecular weight is 246 g/mol. The topological polar surface area (TPSA) is 55.3 Å². The van der Waals surface area contributed by atoms with E-state index < -0.39 is 0 Å². The largest absolute Gasteiger partial charge is 0.496 e. The van der Waals surface area contributed by atoms with Crippen molar-refractivity contribution in [2.45, 2.75) is 0 Å². The van der Waals surface area contributed by atoms with E-state index in [1.54, 1.807) is 14.1 Å². The van der Waals surface area contributed by atoms with Crippen molar-refractivity contribution in [2.24, 2.45) is 0 Å². The zero-order valence-electron chi connectivity index (χ0n) is 8.44. The molecule has 0 N–H and O–H groups in total. The van der Waals surface area contributed by atoms with Gasteiger partial charge in [-0.25, -0.2) is 5.10 Å². The third kappa shape index (κ3) is 3.03. The van der Waals surface area contributed by atoms with Gasteiger partial charge in [-0.3, -0.25) is 4.79 Å². The summed E-state index contributed by atoms with van der Waals surface area (Å²) in [5, 5.41) is 7.30. The zero-order valence-corrected chi connectivity index (χ0v) is 11.4. The van der Waals surface area contributed by atoms with Crippen LogP contribution in [0.4, 0.5) is 0 Å².